The van der Waals surface area contributed by atoms with Crippen LogP contribution in [0, 0.1) is 11.8 Å². The fraction of sp³-hybridized carbons (Fsp3) is 1.00. The first-order chi connectivity index (χ1) is 7.74. The van der Waals surface area contributed by atoms with Crippen molar-refractivity contribution in [2.45, 2.75) is 43.9 Å². The van der Waals surface area contributed by atoms with Crippen LogP contribution >= 0.6 is 15.9 Å². The normalized spacial score (nSPS) is 30.6. The first-order valence-electron chi connectivity index (χ1n) is 6.44. The van der Waals surface area contributed by atoms with Crippen molar-refractivity contribution in [2.75, 3.05) is 26.9 Å². The predicted octanol–water partition coefficient (Wildman–Crippen LogP) is 3.63. The van der Waals surface area contributed by atoms with Crippen molar-refractivity contribution < 1.29 is 9.47 Å². The van der Waals surface area contributed by atoms with E-state index >= 15 is 0 Å². The van der Waals surface area contributed by atoms with Gasteiger partial charge in [-0.05, 0) is 43.9 Å². The minimum absolute atomic E-state index is 0.714. The van der Waals surface area contributed by atoms with Crippen LogP contribution in [0.5, 0.6) is 0 Å². The summed E-state index contributed by atoms with van der Waals surface area (Å²) in [6, 6.07) is 0. The van der Waals surface area contributed by atoms with Crippen LogP contribution in [0.15, 0.2) is 0 Å². The molecule has 0 spiro atoms. The van der Waals surface area contributed by atoms with Gasteiger partial charge in [-0.25, -0.2) is 0 Å². The molecule has 0 aromatic heterocycles. The molecule has 0 aliphatic heterocycles. The Labute approximate surface area is 108 Å². The van der Waals surface area contributed by atoms with E-state index in [0.29, 0.717) is 4.83 Å². The van der Waals surface area contributed by atoms with E-state index in [4.69, 9.17) is 9.47 Å². The molecule has 16 heavy (non-hydrogen) atoms. The zero-order valence-electron chi connectivity index (χ0n) is 10.6. The first-order valence-corrected chi connectivity index (χ1v) is 7.36. The van der Waals surface area contributed by atoms with E-state index in [1.807, 2.05) is 0 Å². The van der Waals surface area contributed by atoms with Gasteiger partial charge in [0.15, 0.2) is 0 Å². The highest BCUT2D eigenvalue weighted by Gasteiger charge is 2.26. The average molecular weight is 293 g/mol. The minimum Gasteiger partial charge on any atom is -0.385 e. The van der Waals surface area contributed by atoms with Crippen molar-refractivity contribution in [1.82, 2.24) is 0 Å². The maximum Gasteiger partial charge on any atom is 0.0487 e. The fourth-order valence-corrected chi connectivity index (χ4v) is 3.15. The van der Waals surface area contributed by atoms with Gasteiger partial charge in [-0.1, -0.05) is 22.9 Å². The smallest absolute Gasteiger partial charge is 0.0487 e. The van der Waals surface area contributed by atoms with E-state index in [0.717, 1.165) is 38.1 Å². The number of alkyl halides is 1. The molecule has 1 rings (SSSR count). The summed E-state index contributed by atoms with van der Waals surface area (Å²) in [5, 5.41) is 0. The van der Waals surface area contributed by atoms with Crippen LogP contribution in [0.4, 0.5) is 0 Å². The summed E-state index contributed by atoms with van der Waals surface area (Å²) >= 11 is 3.80. The van der Waals surface area contributed by atoms with Crippen molar-refractivity contribution in [3.63, 3.8) is 0 Å². The summed E-state index contributed by atoms with van der Waals surface area (Å²) in [5.74, 6) is 1.71. The first kappa shape index (κ1) is 14.5. The second-order valence-corrected chi connectivity index (χ2v) is 6.12. The Morgan fingerprint density at radius 3 is 2.75 bits per heavy atom. The molecular weight excluding hydrogens is 268 g/mol. The van der Waals surface area contributed by atoms with Gasteiger partial charge in [0.05, 0.1) is 0 Å². The van der Waals surface area contributed by atoms with Crippen LogP contribution in [0.1, 0.15) is 39.0 Å². The second kappa shape index (κ2) is 8.48. The molecule has 1 saturated carbocycles. The molecule has 0 aromatic carbocycles. The fourth-order valence-electron chi connectivity index (χ4n) is 2.40. The van der Waals surface area contributed by atoms with Crippen LogP contribution in [0.2, 0.25) is 0 Å². The molecule has 0 amide bonds. The highest BCUT2D eigenvalue weighted by molar-refractivity contribution is 9.09. The van der Waals surface area contributed by atoms with Gasteiger partial charge in [0.1, 0.15) is 0 Å². The molecule has 96 valence electrons. The minimum atomic E-state index is 0.714. The Balaban J connectivity index is 2.02. The number of rotatable bonds is 7. The third-order valence-corrected chi connectivity index (χ3v) is 4.63. The monoisotopic (exact) mass is 292 g/mol. The molecule has 3 heteroatoms. The highest BCUT2D eigenvalue weighted by Crippen LogP contribution is 2.35. The van der Waals surface area contributed by atoms with Gasteiger partial charge in [-0.3, -0.25) is 0 Å². The summed E-state index contributed by atoms with van der Waals surface area (Å²) in [6.07, 6.45) is 6.27. The Morgan fingerprint density at radius 1 is 1.19 bits per heavy atom. The Kier molecular flexibility index (Phi) is 7.67. The van der Waals surface area contributed by atoms with E-state index in [1.54, 1.807) is 7.11 Å². The quantitative estimate of drug-likeness (QED) is 0.527. The van der Waals surface area contributed by atoms with Gasteiger partial charge >= 0.3 is 0 Å². The molecule has 0 bridgehead atoms. The van der Waals surface area contributed by atoms with Crippen molar-refractivity contribution in [3.8, 4) is 0 Å². The molecular formula is C13H25BrO2. The van der Waals surface area contributed by atoms with Crippen molar-refractivity contribution in [3.05, 3.63) is 0 Å². The molecule has 0 saturated heterocycles. The maximum absolute atomic E-state index is 5.62. The second-order valence-electron chi connectivity index (χ2n) is 4.94. The maximum atomic E-state index is 5.62. The van der Waals surface area contributed by atoms with Crippen molar-refractivity contribution in [1.29, 1.82) is 0 Å². The van der Waals surface area contributed by atoms with Crippen LogP contribution in [0.3, 0.4) is 0 Å². The van der Waals surface area contributed by atoms with Gasteiger partial charge in [0, 0.05) is 31.8 Å². The van der Waals surface area contributed by atoms with Crippen LogP contribution < -0.4 is 0 Å². The van der Waals surface area contributed by atoms with E-state index in [9.17, 15) is 0 Å². The average Bonchev–Trinajstić information content (AvgIpc) is 2.28. The molecule has 0 radical (unpaired) electrons. The third kappa shape index (κ3) is 5.65. The standard InChI is InChI=1S/C13H25BrO2/c1-11-4-5-13(14)12(10-11)6-9-16-8-3-7-15-2/h11-13H,3-10H2,1-2H3. The molecule has 1 aliphatic carbocycles. The van der Waals surface area contributed by atoms with Gasteiger partial charge in [0.2, 0.25) is 0 Å². The molecule has 3 atom stereocenters. The number of hydrogen-bond donors (Lipinski definition) is 0. The lowest BCUT2D eigenvalue weighted by Gasteiger charge is -2.31. The van der Waals surface area contributed by atoms with Crippen molar-refractivity contribution in [2.24, 2.45) is 11.8 Å². The SMILES string of the molecule is COCCCOCCC1CC(C)CCC1Br. The summed E-state index contributed by atoms with van der Waals surface area (Å²) in [6.45, 7) is 4.92. The predicted molar refractivity (Wildman–Crippen MR) is 71.1 cm³/mol. The number of halogens is 1. The molecule has 1 aliphatic rings. The summed E-state index contributed by atoms with van der Waals surface area (Å²) in [5.41, 5.74) is 0. The molecule has 0 heterocycles. The van der Waals surface area contributed by atoms with Crippen LogP contribution in [-0.2, 0) is 9.47 Å². The third-order valence-electron chi connectivity index (χ3n) is 3.42. The van der Waals surface area contributed by atoms with Gasteiger partial charge in [-0.2, -0.15) is 0 Å². The Bertz CT molecular complexity index is 175. The molecule has 1 fully saturated rings. The number of methoxy groups -OCH3 is 1. The zero-order valence-corrected chi connectivity index (χ0v) is 12.2. The molecule has 0 N–H and O–H groups in total. The van der Waals surface area contributed by atoms with Crippen LogP contribution in [0.25, 0.3) is 0 Å². The van der Waals surface area contributed by atoms with E-state index in [-0.39, 0.29) is 0 Å². The molecule has 2 nitrogen and oxygen atoms in total. The van der Waals surface area contributed by atoms with E-state index < -0.39 is 0 Å². The lowest BCUT2D eigenvalue weighted by molar-refractivity contribution is 0.0884. The summed E-state index contributed by atoms with van der Waals surface area (Å²) < 4.78 is 10.6. The largest absolute Gasteiger partial charge is 0.385 e. The van der Waals surface area contributed by atoms with E-state index in [1.165, 1.54) is 25.7 Å². The van der Waals surface area contributed by atoms with E-state index in [2.05, 4.69) is 22.9 Å². The van der Waals surface area contributed by atoms with Gasteiger partial charge < -0.3 is 9.47 Å². The topological polar surface area (TPSA) is 18.5 Å². The number of hydrogen-bond acceptors (Lipinski definition) is 2. The summed E-state index contributed by atoms with van der Waals surface area (Å²) in [4.78, 5) is 0.714. The highest BCUT2D eigenvalue weighted by atomic mass is 79.9. The number of ether oxygens (including phenoxy) is 2. The lowest BCUT2D eigenvalue weighted by Crippen LogP contribution is -2.25. The lowest BCUT2D eigenvalue weighted by atomic mass is 9.81. The van der Waals surface area contributed by atoms with Crippen molar-refractivity contribution >= 4 is 15.9 Å². The summed E-state index contributed by atoms with van der Waals surface area (Å²) in [7, 11) is 1.73. The molecule has 3 unspecified atom stereocenters. The van der Waals surface area contributed by atoms with Gasteiger partial charge in [-0.15, -0.1) is 0 Å². The molecule has 0 aromatic rings. The Morgan fingerprint density at radius 2 is 2.00 bits per heavy atom. The Hall–Kier alpha value is 0.400. The van der Waals surface area contributed by atoms with Crippen LogP contribution in [-0.4, -0.2) is 31.8 Å². The zero-order chi connectivity index (χ0) is 11.8. The van der Waals surface area contributed by atoms with Gasteiger partial charge in [0.25, 0.3) is 0 Å².